The number of carbonyl (C=O) groups is 1. The molecule has 8 heteroatoms. The van der Waals surface area contributed by atoms with E-state index in [0.29, 0.717) is 18.8 Å². The molecule has 3 aromatic rings. The van der Waals surface area contributed by atoms with Crippen LogP contribution >= 0.6 is 12.2 Å². The minimum atomic E-state index is -3.53. The molecule has 0 unspecified atom stereocenters. The zero-order valence-corrected chi connectivity index (χ0v) is 20.2. The first kappa shape index (κ1) is 24.6. The van der Waals surface area contributed by atoms with Crippen LogP contribution in [0.15, 0.2) is 89.8 Å². The maximum absolute atomic E-state index is 13.1. The molecule has 1 amide bonds. The molecule has 0 aliphatic heterocycles. The van der Waals surface area contributed by atoms with Crippen LogP contribution in [0.4, 0.5) is 5.69 Å². The number of thiocarbonyl (C=S) groups is 1. The van der Waals surface area contributed by atoms with Crippen molar-refractivity contribution in [2.45, 2.75) is 24.7 Å². The van der Waals surface area contributed by atoms with E-state index in [1.165, 1.54) is 16.4 Å². The molecule has 0 saturated carbocycles. The van der Waals surface area contributed by atoms with Crippen LogP contribution in [0.2, 0.25) is 0 Å². The zero-order valence-electron chi connectivity index (χ0n) is 18.6. The lowest BCUT2D eigenvalue weighted by molar-refractivity contribution is -0.120. The fourth-order valence-corrected chi connectivity index (χ4v) is 5.23. The number of sulfonamides is 1. The molecule has 0 fully saturated rings. The number of benzene rings is 3. The fraction of sp³-hybridized carbons (Fsp3) is 0.200. The van der Waals surface area contributed by atoms with E-state index < -0.39 is 15.9 Å². The Hall–Kier alpha value is -3.07. The number of anilines is 1. The minimum absolute atomic E-state index is 0.135. The van der Waals surface area contributed by atoms with E-state index in [1.807, 2.05) is 60.7 Å². The molecule has 0 saturated heterocycles. The molecule has 172 valence electrons. The highest BCUT2D eigenvalue weighted by molar-refractivity contribution is 7.89. The van der Waals surface area contributed by atoms with Gasteiger partial charge in [-0.25, -0.2) is 8.42 Å². The Morgan fingerprint density at radius 2 is 1.33 bits per heavy atom. The van der Waals surface area contributed by atoms with Gasteiger partial charge < -0.3 is 10.6 Å². The van der Waals surface area contributed by atoms with Crippen molar-refractivity contribution in [3.63, 3.8) is 0 Å². The second kappa shape index (κ2) is 11.2. The molecule has 0 heterocycles. The number of amides is 1. The van der Waals surface area contributed by atoms with Gasteiger partial charge in [-0.15, -0.1) is 0 Å². The molecular formula is C25H27N3O3S2. The third-order valence-corrected chi connectivity index (χ3v) is 7.49. The maximum atomic E-state index is 13.1. The average molecular weight is 482 g/mol. The van der Waals surface area contributed by atoms with Gasteiger partial charge >= 0.3 is 0 Å². The summed E-state index contributed by atoms with van der Waals surface area (Å²) in [6.07, 6.45) is 0. The quantitative estimate of drug-likeness (QED) is 0.468. The number of nitrogens with zero attached hydrogens (tertiary/aromatic N) is 1. The maximum Gasteiger partial charge on any atom is 0.243 e. The highest BCUT2D eigenvalue weighted by atomic mass is 32.2. The summed E-state index contributed by atoms with van der Waals surface area (Å²) in [5, 5.41) is 5.85. The van der Waals surface area contributed by atoms with Crippen LogP contribution in [0.25, 0.3) is 0 Å². The summed E-state index contributed by atoms with van der Waals surface area (Å²) < 4.78 is 26.7. The van der Waals surface area contributed by atoms with Gasteiger partial charge in [-0.1, -0.05) is 74.5 Å². The fourth-order valence-electron chi connectivity index (χ4n) is 3.56. The summed E-state index contributed by atoms with van der Waals surface area (Å²) in [4.78, 5) is 13.4. The van der Waals surface area contributed by atoms with Crippen molar-refractivity contribution >= 4 is 38.9 Å². The minimum Gasteiger partial charge on any atom is -0.332 e. The zero-order chi connectivity index (χ0) is 23.8. The Bertz CT molecular complexity index is 1140. The SMILES string of the molecule is CCN(CC)S(=O)(=O)c1ccc(NC(=S)NC(=O)C(c2ccccc2)c2ccccc2)cc1. The van der Waals surface area contributed by atoms with E-state index in [9.17, 15) is 13.2 Å². The predicted octanol–water partition coefficient (Wildman–Crippen LogP) is 4.36. The third-order valence-electron chi connectivity index (χ3n) is 5.22. The molecule has 0 aromatic heterocycles. The van der Waals surface area contributed by atoms with Gasteiger partial charge in [0, 0.05) is 18.8 Å². The van der Waals surface area contributed by atoms with Gasteiger partial charge in [0.1, 0.15) is 0 Å². The average Bonchev–Trinajstić information content (AvgIpc) is 2.81. The van der Waals surface area contributed by atoms with Gasteiger partial charge in [0.15, 0.2) is 5.11 Å². The van der Waals surface area contributed by atoms with E-state index in [4.69, 9.17) is 12.2 Å². The number of carbonyl (C=O) groups excluding carboxylic acids is 1. The number of rotatable bonds is 8. The lowest BCUT2D eigenvalue weighted by Crippen LogP contribution is -2.37. The molecule has 33 heavy (non-hydrogen) atoms. The summed E-state index contributed by atoms with van der Waals surface area (Å²) >= 11 is 5.35. The molecule has 0 aliphatic rings. The van der Waals surface area contributed by atoms with Crippen LogP contribution in [0.3, 0.4) is 0 Å². The van der Waals surface area contributed by atoms with E-state index >= 15 is 0 Å². The van der Waals surface area contributed by atoms with Gasteiger partial charge in [0.05, 0.1) is 10.8 Å². The molecular weight excluding hydrogens is 454 g/mol. The third kappa shape index (κ3) is 6.04. The molecule has 0 atom stereocenters. The molecule has 0 spiro atoms. The van der Waals surface area contributed by atoms with Crippen molar-refractivity contribution in [2.24, 2.45) is 0 Å². The first-order chi connectivity index (χ1) is 15.9. The number of hydrogen-bond acceptors (Lipinski definition) is 4. The summed E-state index contributed by atoms with van der Waals surface area (Å²) in [6, 6.07) is 25.3. The second-order valence-corrected chi connectivity index (χ2v) is 9.66. The smallest absolute Gasteiger partial charge is 0.243 e. The van der Waals surface area contributed by atoms with E-state index in [1.54, 1.807) is 26.0 Å². The van der Waals surface area contributed by atoms with E-state index in [0.717, 1.165) is 11.1 Å². The van der Waals surface area contributed by atoms with Crippen molar-refractivity contribution in [1.29, 1.82) is 0 Å². The molecule has 6 nitrogen and oxygen atoms in total. The van der Waals surface area contributed by atoms with Crippen LogP contribution in [0.5, 0.6) is 0 Å². The second-order valence-electron chi connectivity index (χ2n) is 7.31. The Morgan fingerprint density at radius 1 is 0.848 bits per heavy atom. The first-order valence-corrected chi connectivity index (χ1v) is 12.5. The van der Waals surface area contributed by atoms with Crippen molar-refractivity contribution in [1.82, 2.24) is 9.62 Å². The highest BCUT2D eigenvalue weighted by Gasteiger charge is 2.24. The number of hydrogen-bond donors (Lipinski definition) is 2. The summed E-state index contributed by atoms with van der Waals surface area (Å²) in [5.41, 5.74) is 2.29. The van der Waals surface area contributed by atoms with Gasteiger partial charge in [-0.05, 0) is 47.6 Å². The molecule has 0 aliphatic carbocycles. The van der Waals surface area contributed by atoms with Crippen molar-refractivity contribution in [3.05, 3.63) is 96.1 Å². The summed E-state index contributed by atoms with van der Waals surface area (Å²) in [6.45, 7) is 4.41. The number of nitrogens with one attached hydrogen (secondary N) is 2. The van der Waals surface area contributed by atoms with E-state index in [-0.39, 0.29) is 15.9 Å². The van der Waals surface area contributed by atoms with Crippen LogP contribution < -0.4 is 10.6 Å². The molecule has 0 radical (unpaired) electrons. The first-order valence-electron chi connectivity index (χ1n) is 10.7. The Morgan fingerprint density at radius 3 is 1.79 bits per heavy atom. The lowest BCUT2D eigenvalue weighted by atomic mass is 9.90. The van der Waals surface area contributed by atoms with Gasteiger partial charge in [0.2, 0.25) is 15.9 Å². The van der Waals surface area contributed by atoms with Crippen molar-refractivity contribution < 1.29 is 13.2 Å². The Balaban J connectivity index is 1.72. The van der Waals surface area contributed by atoms with Crippen molar-refractivity contribution in [2.75, 3.05) is 18.4 Å². The Labute approximate surface area is 200 Å². The van der Waals surface area contributed by atoms with Gasteiger partial charge in [-0.2, -0.15) is 4.31 Å². The molecule has 3 rings (SSSR count). The van der Waals surface area contributed by atoms with Crippen LogP contribution in [-0.2, 0) is 14.8 Å². The van der Waals surface area contributed by atoms with E-state index in [2.05, 4.69) is 10.6 Å². The van der Waals surface area contributed by atoms with Crippen LogP contribution in [0.1, 0.15) is 30.9 Å². The molecule has 3 aromatic carbocycles. The largest absolute Gasteiger partial charge is 0.332 e. The van der Waals surface area contributed by atoms with Crippen LogP contribution in [0, 0.1) is 0 Å². The molecule has 0 bridgehead atoms. The Kier molecular flexibility index (Phi) is 8.32. The molecule has 2 N–H and O–H groups in total. The standard InChI is InChI=1S/C25H27N3O3S2/c1-3-28(4-2)33(30,31)22-17-15-21(16-18-22)26-25(32)27-24(29)23(19-11-7-5-8-12-19)20-13-9-6-10-14-20/h5-18,23H,3-4H2,1-2H3,(H2,26,27,29,32). The highest BCUT2D eigenvalue weighted by Crippen LogP contribution is 2.25. The monoisotopic (exact) mass is 481 g/mol. The van der Waals surface area contributed by atoms with Crippen LogP contribution in [-0.4, -0.2) is 36.8 Å². The lowest BCUT2D eigenvalue weighted by Gasteiger charge is -2.19. The van der Waals surface area contributed by atoms with Gasteiger partial charge in [-0.3, -0.25) is 4.79 Å². The predicted molar refractivity (Wildman–Crippen MR) is 136 cm³/mol. The summed E-state index contributed by atoms with van der Waals surface area (Å²) in [7, 11) is -3.53. The normalized spacial score (nSPS) is 11.4. The topological polar surface area (TPSA) is 78.5 Å². The summed E-state index contributed by atoms with van der Waals surface area (Å²) in [5.74, 6) is -0.778. The van der Waals surface area contributed by atoms with Gasteiger partial charge in [0.25, 0.3) is 0 Å². The van der Waals surface area contributed by atoms with Crippen molar-refractivity contribution in [3.8, 4) is 0 Å².